The molecule has 1 atom stereocenters. The van der Waals surface area contributed by atoms with Gasteiger partial charge in [-0.1, -0.05) is 20.3 Å². The molecule has 3 heteroatoms. The van der Waals surface area contributed by atoms with Gasteiger partial charge in [-0.2, -0.15) is 5.26 Å². The fourth-order valence-electron chi connectivity index (χ4n) is 1.07. The van der Waals surface area contributed by atoms with Crippen LogP contribution in [0.4, 0.5) is 4.39 Å². The summed E-state index contributed by atoms with van der Waals surface area (Å²) >= 11 is 1.62. The molecule has 0 aliphatic carbocycles. The van der Waals surface area contributed by atoms with Crippen LogP contribution in [0.2, 0.25) is 0 Å². The molecule has 0 heterocycles. The molecular weight excluding hydrogens is 209 g/mol. The van der Waals surface area contributed by atoms with Crippen molar-refractivity contribution < 1.29 is 4.39 Å². The summed E-state index contributed by atoms with van der Waals surface area (Å²) in [4.78, 5) is 0.874. The van der Waals surface area contributed by atoms with E-state index < -0.39 is 0 Å². The molecule has 0 radical (unpaired) electrons. The molecular formula is C12H14FNS. The van der Waals surface area contributed by atoms with Crippen LogP contribution in [0.3, 0.4) is 0 Å². The Morgan fingerprint density at radius 2 is 2.27 bits per heavy atom. The van der Waals surface area contributed by atoms with Gasteiger partial charge in [0, 0.05) is 10.6 Å². The predicted molar refractivity (Wildman–Crippen MR) is 61.3 cm³/mol. The number of hydrogen-bond donors (Lipinski definition) is 0. The molecule has 80 valence electrons. The molecule has 0 aromatic heterocycles. The molecule has 0 fully saturated rings. The van der Waals surface area contributed by atoms with Gasteiger partial charge in [0.25, 0.3) is 0 Å². The number of halogens is 1. The highest BCUT2D eigenvalue weighted by molar-refractivity contribution is 7.99. The minimum absolute atomic E-state index is 0.348. The minimum atomic E-state index is -0.348. The second kappa shape index (κ2) is 5.77. The van der Waals surface area contributed by atoms with Gasteiger partial charge in [0.05, 0.1) is 5.56 Å². The summed E-state index contributed by atoms with van der Waals surface area (Å²) in [6, 6.07) is 6.39. The van der Waals surface area contributed by atoms with E-state index >= 15 is 0 Å². The molecule has 0 amide bonds. The normalized spacial score (nSPS) is 12.1. The second-order valence-electron chi connectivity index (χ2n) is 3.58. The van der Waals surface area contributed by atoms with Crippen LogP contribution in [0.5, 0.6) is 0 Å². The highest BCUT2D eigenvalue weighted by Crippen LogP contribution is 2.25. The summed E-state index contributed by atoms with van der Waals surface area (Å²) in [5, 5.41) is 8.84. The van der Waals surface area contributed by atoms with E-state index in [1.54, 1.807) is 17.8 Å². The fraction of sp³-hybridized carbons (Fsp3) is 0.417. The van der Waals surface area contributed by atoms with Crippen LogP contribution >= 0.6 is 11.8 Å². The first kappa shape index (κ1) is 12.1. The van der Waals surface area contributed by atoms with E-state index in [-0.39, 0.29) is 5.82 Å². The fourth-order valence-corrected chi connectivity index (χ4v) is 2.19. The SMILES string of the molecule is CCC(C)CSc1ccc(F)cc1C#N. The van der Waals surface area contributed by atoms with Gasteiger partial charge in [-0.3, -0.25) is 0 Å². The zero-order valence-corrected chi connectivity index (χ0v) is 9.77. The topological polar surface area (TPSA) is 23.8 Å². The Balaban J connectivity index is 2.73. The predicted octanol–water partition coefficient (Wildman–Crippen LogP) is 3.84. The van der Waals surface area contributed by atoms with E-state index in [1.165, 1.54) is 12.1 Å². The molecule has 1 nitrogen and oxygen atoms in total. The van der Waals surface area contributed by atoms with E-state index in [1.807, 2.05) is 6.07 Å². The van der Waals surface area contributed by atoms with Crippen LogP contribution in [-0.2, 0) is 0 Å². The van der Waals surface area contributed by atoms with Gasteiger partial charge in [-0.05, 0) is 24.1 Å². The van der Waals surface area contributed by atoms with Crippen LogP contribution in [0.1, 0.15) is 25.8 Å². The summed E-state index contributed by atoms with van der Waals surface area (Å²) in [6.07, 6.45) is 1.12. The zero-order chi connectivity index (χ0) is 11.3. The standard InChI is InChI=1S/C12H14FNS/c1-3-9(2)8-15-12-5-4-11(13)6-10(12)7-14/h4-6,9H,3,8H2,1-2H3. The Morgan fingerprint density at radius 1 is 1.53 bits per heavy atom. The summed E-state index contributed by atoms with van der Waals surface area (Å²) in [7, 11) is 0. The molecule has 1 unspecified atom stereocenters. The summed E-state index contributed by atoms with van der Waals surface area (Å²) in [5.41, 5.74) is 0.434. The molecule has 1 rings (SSSR count). The number of nitrogens with zero attached hydrogens (tertiary/aromatic N) is 1. The van der Waals surface area contributed by atoms with E-state index in [2.05, 4.69) is 13.8 Å². The van der Waals surface area contributed by atoms with E-state index in [0.717, 1.165) is 17.1 Å². The van der Waals surface area contributed by atoms with Crippen LogP contribution in [0.15, 0.2) is 23.1 Å². The molecule has 0 saturated heterocycles. The van der Waals surface area contributed by atoms with Gasteiger partial charge in [-0.15, -0.1) is 11.8 Å². The number of hydrogen-bond acceptors (Lipinski definition) is 2. The maximum absolute atomic E-state index is 12.8. The van der Waals surface area contributed by atoms with Crippen molar-refractivity contribution in [2.24, 2.45) is 5.92 Å². The molecule has 0 aliphatic rings. The van der Waals surface area contributed by atoms with Crippen LogP contribution < -0.4 is 0 Å². The molecule has 0 saturated carbocycles. The lowest BCUT2D eigenvalue weighted by atomic mass is 10.2. The maximum atomic E-state index is 12.8. The third-order valence-corrected chi connectivity index (χ3v) is 3.69. The van der Waals surface area contributed by atoms with Crippen molar-refractivity contribution in [2.75, 3.05) is 5.75 Å². The van der Waals surface area contributed by atoms with Crippen LogP contribution in [0, 0.1) is 23.1 Å². The average molecular weight is 223 g/mol. The Bertz CT molecular complexity index is 370. The molecule has 0 aliphatic heterocycles. The Labute approximate surface area is 94.3 Å². The smallest absolute Gasteiger partial charge is 0.124 e. The van der Waals surface area contributed by atoms with Crippen molar-refractivity contribution in [3.05, 3.63) is 29.6 Å². The number of rotatable bonds is 4. The lowest BCUT2D eigenvalue weighted by molar-refractivity contribution is 0.625. The van der Waals surface area contributed by atoms with Gasteiger partial charge >= 0.3 is 0 Å². The van der Waals surface area contributed by atoms with Crippen molar-refractivity contribution in [1.82, 2.24) is 0 Å². The highest BCUT2D eigenvalue weighted by Gasteiger charge is 2.06. The quantitative estimate of drug-likeness (QED) is 0.724. The summed E-state index contributed by atoms with van der Waals surface area (Å²) in [6.45, 7) is 4.31. The van der Waals surface area contributed by atoms with Gasteiger partial charge in [0.2, 0.25) is 0 Å². The van der Waals surface area contributed by atoms with Crippen molar-refractivity contribution in [3.8, 4) is 6.07 Å². The van der Waals surface area contributed by atoms with Crippen molar-refractivity contribution >= 4 is 11.8 Å². The summed E-state index contributed by atoms with van der Waals surface area (Å²) in [5.74, 6) is 1.24. The maximum Gasteiger partial charge on any atom is 0.124 e. The average Bonchev–Trinajstić information content (AvgIpc) is 2.26. The molecule has 0 bridgehead atoms. The van der Waals surface area contributed by atoms with Crippen molar-refractivity contribution in [1.29, 1.82) is 5.26 Å². The van der Waals surface area contributed by atoms with E-state index in [9.17, 15) is 4.39 Å². The van der Waals surface area contributed by atoms with E-state index in [0.29, 0.717) is 11.5 Å². The van der Waals surface area contributed by atoms with Gasteiger partial charge < -0.3 is 0 Å². The Morgan fingerprint density at radius 3 is 2.87 bits per heavy atom. The number of benzene rings is 1. The van der Waals surface area contributed by atoms with E-state index in [4.69, 9.17) is 5.26 Å². The third-order valence-electron chi connectivity index (χ3n) is 2.28. The third kappa shape index (κ3) is 3.56. The summed E-state index contributed by atoms with van der Waals surface area (Å²) < 4.78 is 12.8. The molecule has 1 aromatic carbocycles. The minimum Gasteiger partial charge on any atom is -0.207 e. The zero-order valence-electron chi connectivity index (χ0n) is 8.96. The first-order chi connectivity index (χ1) is 7.17. The lowest BCUT2D eigenvalue weighted by Gasteiger charge is -2.08. The first-order valence-electron chi connectivity index (χ1n) is 4.99. The molecule has 1 aromatic rings. The first-order valence-corrected chi connectivity index (χ1v) is 5.98. The van der Waals surface area contributed by atoms with Gasteiger partial charge in [0.15, 0.2) is 0 Å². The second-order valence-corrected chi connectivity index (χ2v) is 4.64. The van der Waals surface area contributed by atoms with Gasteiger partial charge in [-0.25, -0.2) is 4.39 Å². The van der Waals surface area contributed by atoms with Crippen LogP contribution in [-0.4, -0.2) is 5.75 Å². The van der Waals surface area contributed by atoms with Crippen molar-refractivity contribution in [3.63, 3.8) is 0 Å². The Hall–Kier alpha value is -1.01. The van der Waals surface area contributed by atoms with Gasteiger partial charge in [0.1, 0.15) is 11.9 Å². The molecule has 0 spiro atoms. The largest absolute Gasteiger partial charge is 0.207 e. The lowest BCUT2D eigenvalue weighted by Crippen LogP contribution is -1.96. The molecule has 0 N–H and O–H groups in total. The van der Waals surface area contributed by atoms with Crippen LogP contribution in [0.25, 0.3) is 0 Å². The highest BCUT2D eigenvalue weighted by atomic mass is 32.2. The van der Waals surface area contributed by atoms with Crippen molar-refractivity contribution in [2.45, 2.75) is 25.2 Å². The Kier molecular flexibility index (Phi) is 4.64. The number of nitriles is 1. The monoisotopic (exact) mass is 223 g/mol. The molecule has 15 heavy (non-hydrogen) atoms. The number of thioether (sulfide) groups is 1.